The van der Waals surface area contributed by atoms with Crippen LogP contribution in [0.1, 0.15) is 23.0 Å². The highest BCUT2D eigenvalue weighted by atomic mass is 79.9. The van der Waals surface area contributed by atoms with Crippen molar-refractivity contribution in [2.45, 2.75) is 19.4 Å². The van der Waals surface area contributed by atoms with Gasteiger partial charge in [0, 0.05) is 17.2 Å². The van der Waals surface area contributed by atoms with Crippen LogP contribution in [-0.4, -0.2) is 16.9 Å². The van der Waals surface area contributed by atoms with E-state index in [1.165, 1.54) is 0 Å². The highest BCUT2D eigenvalue weighted by molar-refractivity contribution is 9.10. The van der Waals surface area contributed by atoms with Gasteiger partial charge in [-0.05, 0) is 43.2 Å². The number of hydrogen-bond acceptors (Lipinski definition) is 4. The molecule has 1 atom stereocenters. The number of benzene rings is 1. The molecule has 1 heterocycles. The lowest BCUT2D eigenvalue weighted by Gasteiger charge is -2.16. The maximum atomic E-state index is 5.69. The molecule has 1 aromatic heterocycles. The SMILES string of the molecule is COc1ccc(Br)cc1CC(NN)c1cc(C)n(C)n1. The Kier molecular flexibility index (Phi) is 4.80. The molecule has 0 saturated heterocycles. The molecule has 0 radical (unpaired) electrons. The van der Waals surface area contributed by atoms with Gasteiger partial charge in [-0.25, -0.2) is 0 Å². The van der Waals surface area contributed by atoms with Gasteiger partial charge in [0.1, 0.15) is 5.75 Å². The summed E-state index contributed by atoms with van der Waals surface area (Å²) in [6.07, 6.45) is 0.704. The summed E-state index contributed by atoms with van der Waals surface area (Å²) in [4.78, 5) is 0. The van der Waals surface area contributed by atoms with E-state index in [-0.39, 0.29) is 6.04 Å². The standard InChI is InChI=1S/C14H19BrN4O/c1-9-6-13(18-19(9)2)12(17-16)8-10-7-11(15)4-5-14(10)20-3/h4-7,12,17H,8,16H2,1-3H3. The molecule has 0 aliphatic carbocycles. The number of ether oxygens (including phenoxy) is 1. The summed E-state index contributed by atoms with van der Waals surface area (Å²) in [5.74, 6) is 6.54. The molecule has 1 aromatic carbocycles. The van der Waals surface area contributed by atoms with Gasteiger partial charge < -0.3 is 4.74 Å². The maximum Gasteiger partial charge on any atom is 0.122 e. The molecule has 108 valence electrons. The predicted molar refractivity (Wildman–Crippen MR) is 82.4 cm³/mol. The van der Waals surface area contributed by atoms with E-state index in [1.54, 1.807) is 7.11 Å². The van der Waals surface area contributed by atoms with Gasteiger partial charge in [-0.2, -0.15) is 5.10 Å². The number of nitrogens with one attached hydrogen (secondary N) is 1. The summed E-state index contributed by atoms with van der Waals surface area (Å²) in [6, 6.07) is 7.92. The summed E-state index contributed by atoms with van der Waals surface area (Å²) in [5.41, 5.74) is 5.93. The van der Waals surface area contributed by atoms with Crippen molar-refractivity contribution < 1.29 is 4.74 Å². The number of nitrogens with zero attached hydrogens (tertiary/aromatic N) is 2. The van der Waals surface area contributed by atoms with Crippen LogP contribution < -0.4 is 16.0 Å². The van der Waals surface area contributed by atoms with Gasteiger partial charge in [-0.3, -0.25) is 16.0 Å². The van der Waals surface area contributed by atoms with E-state index in [4.69, 9.17) is 10.6 Å². The first kappa shape index (κ1) is 15.0. The van der Waals surface area contributed by atoms with Crippen LogP contribution >= 0.6 is 15.9 Å². The van der Waals surface area contributed by atoms with E-state index in [0.29, 0.717) is 6.42 Å². The molecule has 6 heteroatoms. The first-order chi connectivity index (χ1) is 9.55. The molecule has 0 aliphatic heterocycles. The average Bonchev–Trinajstić information content (AvgIpc) is 2.76. The number of halogens is 1. The highest BCUT2D eigenvalue weighted by Crippen LogP contribution is 2.27. The van der Waals surface area contributed by atoms with Crippen LogP contribution in [0.4, 0.5) is 0 Å². The van der Waals surface area contributed by atoms with Crippen LogP contribution in [-0.2, 0) is 13.5 Å². The number of methoxy groups -OCH3 is 1. The van der Waals surface area contributed by atoms with Gasteiger partial charge >= 0.3 is 0 Å². The molecule has 5 nitrogen and oxygen atoms in total. The van der Waals surface area contributed by atoms with E-state index >= 15 is 0 Å². The number of aryl methyl sites for hydroxylation is 2. The zero-order chi connectivity index (χ0) is 14.7. The second-order valence-corrected chi connectivity index (χ2v) is 5.63. The van der Waals surface area contributed by atoms with Gasteiger partial charge in [0.2, 0.25) is 0 Å². The van der Waals surface area contributed by atoms with E-state index in [2.05, 4.69) is 26.5 Å². The second kappa shape index (κ2) is 6.39. The first-order valence-corrected chi connectivity index (χ1v) is 7.13. The van der Waals surface area contributed by atoms with Crippen LogP contribution in [0.25, 0.3) is 0 Å². The van der Waals surface area contributed by atoms with E-state index in [0.717, 1.165) is 27.2 Å². The summed E-state index contributed by atoms with van der Waals surface area (Å²) in [6.45, 7) is 2.02. The zero-order valence-corrected chi connectivity index (χ0v) is 13.4. The Bertz CT molecular complexity index is 577. The van der Waals surface area contributed by atoms with Crippen molar-refractivity contribution in [3.05, 3.63) is 45.7 Å². The second-order valence-electron chi connectivity index (χ2n) is 4.71. The smallest absolute Gasteiger partial charge is 0.122 e. The quantitative estimate of drug-likeness (QED) is 0.648. The summed E-state index contributed by atoms with van der Waals surface area (Å²) < 4.78 is 8.26. The van der Waals surface area contributed by atoms with Crippen molar-refractivity contribution in [1.29, 1.82) is 0 Å². The Labute approximate surface area is 127 Å². The summed E-state index contributed by atoms with van der Waals surface area (Å²) in [7, 11) is 3.59. The Hall–Kier alpha value is -1.37. The Balaban J connectivity index is 2.28. The molecule has 0 saturated carbocycles. The molecule has 20 heavy (non-hydrogen) atoms. The third-order valence-corrected chi connectivity index (χ3v) is 3.85. The van der Waals surface area contributed by atoms with Crippen molar-refractivity contribution >= 4 is 15.9 Å². The minimum Gasteiger partial charge on any atom is -0.496 e. The molecule has 0 fully saturated rings. The van der Waals surface area contributed by atoms with Crippen LogP contribution in [0.5, 0.6) is 5.75 Å². The van der Waals surface area contributed by atoms with Gasteiger partial charge in [0.15, 0.2) is 0 Å². The normalized spacial score (nSPS) is 12.4. The maximum absolute atomic E-state index is 5.69. The molecule has 0 spiro atoms. The van der Waals surface area contributed by atoms with E-state index in [9.17, 15) is 0 Å². The van der Waals surface area contributed by atoms with Gasteiger partial charge in [-0.1, -0.05) is 15.9 Å². The molecule has 3 N–H and O–H groups in total. The molecule has 2 aromatic rings. The van der Waals surface area contributed by atoms with E-state index < -0.39 is 0 Å². The minimum atomic E-state index is -0.0573. The van der Waals surface area contributed by atoms with Crippen molar-refractivity contribution in [2.75, 3.05) is 7.11 Å². The lowest BCUT2D eigenvalue weighted by Crippen LogP contribution is -2.30. The van der Waals surface area contributed by atoms with Crippen molar-refractivity contribution in [3.63, 3.8) is 0 Å². The highest BCUT2D eigenvalue weighted by Gasteiger charge is 2.17. The molecule has 0 bridgehead atoms. The fraction of sp³-hybridized carbons (Fsp3) is 0.357. The first-order valence-electron chi connectivity index (χ1n) is 6.34. The number of hydrogen-bond donors (Lipinski definition) is 2. The Morgan fingerprint density at radius 1 is 1.45 bits per heavy atom. The number of hydrazine groups is 1. The summed E-state index contributed by atoms with van der Waals surface area (Å²) in [5, 5.41) is 4.48. The molecule has 0 amide bonds. The molecule has 0 aliphatic rings. The minimum absolute atomic E-state index is 0.0573. The van der Waals surface area contributed by atoms with Gasteiger partial charge in [-0.15, -0.1) is 0 Å². The lowest BCUT2D eigenvalue weighted by atomic mass is 10.0. The van der Waals surface area contributed by atoms with Crippen LogP contribution in [0.3, 0.4) is 0 Å². The third kappa shape index (κ3) is 3.20. The Morgan fingerprint density at radius 3 is 2.75 bits per heavy atom. The molecular formula is C14H19BrN4O. The molecule has 1 unspecified atom stereocenters. The topological polar surface area (TPSA) is 65.1 Å². The van der Waals surface area contributed by atoms with Gasteiger partial charge in [0.05, 0.1) is 18.8 Å². The van der Waals surface area contributed by atoms with Crippen molar-refractivity contribution in [1.82, 2.24) is 15.2 Å². The largest absolute Gasteiger partial charge is 0.496 e. The average molecular weight is 339 g/mol. The van der Waals surface area contributed by atoms with Crippen LogP contribution in [0, 0.1) is 6.92 Å². The van der Waals surface area contributed by atoms with E-state index in [1.807, 2.05) is 42.9 Å². The number of aromatic nitrogens is 2. The van der Waals surface area contributed by atoms with Crippen LogP contribution in [0.2, 0.25) is 0 Å². The van der Waals surface area contributed by atoms with Gasteiger partial charge in [0.25, 0.3) is 0 Å². The van der Waals surface area contributed by atoms with Crippen LogP contribution in [0.15, 0.2) is 28.7 Å². The number of nitrogens with two attached hydrogens (primary N) is 1. The predicted octanol–water partition coefficient (Wildman–Crippen LogP) is 2.25. The molecular weight excluding hydrogens is 320 g/mol. The summed E-state index contributed by atoms with van der Waals surface area (Å²) >= 11 is 3.48. The fourth-order valence-corrected chi connectivity index (χ4v) is 2.54. The third-order valence-electron chi connectivity index (χ3n) is 3.36. The fourth-order valence-electron chi connectivity index (χ4n) is 2.13. The zero-order valence-electron chi connectivity index (χ0n) is 11.9. The monoisotopic (exact) mass is 338 g/mol. The lowest BCUT2D eigenvalue weighted by molar-refractivity contribution is 0.405. The number of rotatable bonds is 5. The molecule has 2 rings (SSSR count). The van der Waals surface area contributed by atoms with Crippen molar-refractivity contribution in [3.8, 4) is 5.75 Å². The Morgan fingerprint density at radius 2 is 2.20 bits per heavy atom. The van der Waals surface area contributed by atoms with Crippen molar-refractivity contribution in [2.24, 2.45) is 12.9 Å².